The summed E-state index contributed by atoms with van der Waals surface area (Å²) < 4.78 is 17.1. The molecule has 1 amide bonds. The minimum Gasteiger partial charge on any atom is -0.492 e. The zero-order valence-electron chi connectivity index (χ0n) is 15.4. The highest BCUT2D eigenvalue weighted by molar-refractivity contribution is 6.41. The number of rotatable bonds is 3. The summed E-state index contributed by atoms with van der Waals surface area (Å²) in [4.78, 5) is 27.2. The Balaban J connectivity index is 1.96. The summed E-state index contributed by atoms with van der Waals surface area (Å²) >= 11 is 0. The zero-order valence-corrected chi connectivity index (χ0v) is 15.4. The number of hydrogen-bond acceptors (Lipinski definition) is 5. The van der Waals surface area contributed by atoms with Crippen LogP contribution >= 0.6 is 0 Å². The predicted molar refractivity (Wildman–Crippen MR) is 97.4 cm³/mol. The molecule has 2 heterocycles. The lowest BCUT2D eigenvalue weighted by Gasteiger charge is -2.40. The van der Waals surface area contributed by atoms with Gasteiger partial charge in [-0.3, -0.25) is 9.59 Å². The lowest BCUT2D eigenvalue weighted by molar-refractivity contribution is -0.140. The van der Waals surface area contributed by atoms with Crippen LogP contribution in [0.1, 0.15) is 28.7 Å². The van der Waals surface area contributed by atoms with E-state index in [0.29, 0.717) is 30.2 Å². The van der Waals surface area contributed by atoms with Crippen molar-refractivity contribution < 1.29 is 23.8 Å². The monoisotopic (exact) mass is 365 g/mol. The van der Waals surface area contributed by atoms with Crippen LogP contribution in [0.2, 0.25) is 0 Å². The van der Waals surface area contributed by atoms with Gasteiger partial charge in [0.2, 0.25) is 11.5 Å². The fourth-order valence-electron chi connectivity index (χ4n) is 5.01. The number of hydrogen-bond donors (Lipinski definition) is 0. The van der Waals surface area contributed by atoms with Gasteiger partial charge in [-0.2, -0.15) is 0 Å². The fraction of sp³-hybridized carbons (Fsp3) is 0.333. The molecule has 2 aromatic rings. The highest BCUT2D eigenvalue weighted by atomic mass is 16.5. The van der Waals surface area contributed by atoms with Gasteiger partial charge < -0.3 is 19.1 Å². The number of methoxy groups -OCH3 is 3. The molecule has 0 saturated carbocycles. The lowest BCUT2D eigenvalue weighted by Crippen LogP contribution is -2.37. The summed E-state index contributed by atoms with van der Waals surface area (Å²) in [5, 5.41) is 0. The predicted octanol–water partition coefficient (Wildman–Crippen LogP) is 2.49. The Bertz CT molecular complexity index is 1010. The van der Waals surface area contributed by atoms with E-state index in [2.05, 4.69) is 0 Å². The number of Topliss-reactive ketones (excluding diaryl/α,β-unsaturated/α-hetero) is 1. The van der Waals surface area contributed by atoms with Gasteiger partial charge in [-0.1, -0.05) is 24.3 Å². The molecule has 138 valence electrons. The number of nitrogens with zero attached hydrogens (tertiary/aromatic N) is 1. The van der Waals surface area contributed by atoms with Crippen LogP contribution in [0.25, 0.3) is 11.1 Å². The minimum atomic E-state index is -0.483. The van der Waals surface area contributed by atoms with E-state index < -0.39 is 11.8 Å². The van der Waals surface area contributed by atoms with Crippen LogP contribution in [-0.2, 0) is 16.0 Å². The molecule has 27 heavy (non-hydrogen) atoms. The molecule has 1 fully saturated rings. The minimum absolute atomic E-state index is 0.313. The van der Waals surface area contributed by atoms with Gasteiger partial charge in [0.05, 0.1) is 33.3 Å². The second-order valence-electron chi connectivity index (χ2n) is 6.99. The number of amides is 1. The molecule has 6 heteroatoms. The first-order chi connectivity index (χ1) is 13.1. The van der Waals surface area contributed by atoms with E-state index in [1.807, 2.05) is 24.3 Å². The standard InChI is InChI=1S/C21H19NO5/c1-25-18-12-8-9-22-16-13(12)14(19(26-2)20(18)27-3)10-6-4-5-7-11(10)15(16)17(23)21(22)24/h4-7,15-16H,8-9H2,1-3H3/t15-,16-/m1/s1. The van der Waals surface area contributed by atoms with Gasteiger partial charge in [-0.05, 0) is 23.1 Å². The molecule has 5 rings (SSSR count). The molecular weight excluding hydrogens is 346 g/mol. The first-order valence-corrected chi connectivity index (χ1v) is 8.92. The second kappa shape index (κ2) is 5.49. The molecular formula is C21H19NO5. The topological polar surface area (TPSA) is 65.1 Å². The highest BCUT2D eigenvalue weighted by Gasteiger charge is 2.55. The molecule has 0 N–H and O–H groups in total. The molecule has 2 aromatic carbocycles. The maximum Gasteiger partial charge on any atom is 0.291 e. The number of carbonyl (C=O) groups excluding carboxylic acids is 2. The Morgan fingerprint density at radius 3 is 2.37 bits per heavy atom. The van der Waals surface area contributed by atoms with Crippen LogP contribution < -0.4 is 14.2 Å². The van der Waals surface area contributed by atoms with Crippen LogP contribution in [0.15, 0.2) is 24.3 Å². The van der Waals surface area contributed by atoms with Crippen LogP contribution in [0, 0.1) is 0 Å². The first-order valence-electron chi connectivity index (χ1n) is 8.92. The summed E-state index contributed by atoms with van der Waals surface area (Å²) in [5.74, 6) is 0.534. The summed E-state index contributed by atoms with van der Waals surface area (Å²) in [6.07, 6.45) is 0.607. The largest absolute Gasteiger partial charge is 0.492 e. The van der Waals surface area contributed by atoms with Gasteiger partial charge in [-0.25, -0.2) is 0 Å². The van der Waals surface area contributed by atoms with Crippen LogP contribution in [0.4, 0.5) is 0 Å². The maximum atomic E-state index is 12.9. The van der Waals surface area contributed by atoms with Crippen molar-refractivity contribution in [1.82, 2.24) is 4.90 Å². The maximum absolute atomic E-state index is 12.9. The molecule has 6 nitrogen and oxygen atoms in total. The Morgan fingerprint density at radius 2 is 1.67 bits per heavy atom. The molecule has 0 spiro atoms. The van der Waals surface area contributed by atoms with Crippen LogP contribution in [-0.4, -0.2) is 44.5 Å². The van der Waals surface area contributed by atoms with Crippen molar-refractivity contribution in [2.24, 2.45) is 0 Å². The van der Waals surface area contributed by atoms with Crippen molar-refractivity contribution in [1.29, 1.82) is 0 Å². The molecule has 0 unspecified atom stereocenters. The number of ketones is 1. The number of fused-ring (bicyclic) bond motifs is 3. The molecule has 3 aliphatic rings. The Hall–Kier alpha value is -3.02. The normalized spacial score (nSPS) is 21.7. The van der Waals surface area contributed by atoms with Crippen molar-refractivity contribution in [2.45, 2.75) is 18.4 Å². The summed E-state index contributed by atoms with van der Waals surface area (Å²) in [5.41, 5.74) is 4.63. The third-order valence-electron chi connectivity index (χ3n) is 5.99. The molecule has 1 saturated heterocycles. The number of benzene rings is 2. The lowest BCUT2D eigenvalue weighted by atomic mass is 9.71. The average Bonchev–Trinajstić information content (AvgIpc) is 2.97. The summed E-state index contributed by atoms with van der Waals surface area (Å²) in [6, 6.07) is 7.43. The van der Waals surface area contributed by atoms with Crippen LogP contribution in [0.5, 0.6) is 17.2 Å². The van der Waals surface area contributed by atoms with Gasteiger partial charge in [0.15, 0.2) is 11.5 Å². The number of carbonyl (C=O) groups is 2. The third-order valence-corrected chi connectivity index (χ3v) is 5.99. The molecule has 1 aliphatic carbocycles. The summed E-state index contributed by atoms with van der Waals surface area (Å²) in [6.45, 7) is 0.492. The SMILES string of the molecule is COc1c2c3c(c(OC)c1OC)-c1ccccc1[C@H]1C(=O)C(=O)N(CC2)[C@H]31. The van der Waals surface area contributed by atoms with Crippen molar-refractivity contribution in [3.8, 4) is 28.4 Å². The van der Waals surface area contributed by atoms with Gasteiger partial charge in [0.1, 0.15) is 0 Å². The second-order valence-corrected chi connectivity index (χ2v) is 6.99. The Morgan fingerprint density at radius 1 is 0.963 bits per heavy atom. The van der Waals surface area contributed by atoms with Gasteiger partial charge >= 0.3 is 0 Å². The van der Waals surface area contributed by atoms with E-state index >= 15 is 0 Å². The quantitative estimate of drug-likeness (QED) is 0.782. The van der Waals surface area contributed by atoms with E-state index in [9.17, 15) is 9.59 Å². The molecule has 2 aliphatic heterocycles. The fourth-order valence-corrected chi connectivity index (χ4v) is 5.01. The van der Waals surface area contributed by atoms with E-state index in [0.717, 1.165) is 27.8 Å². The van der Waals surface area contributed by atoms with E-state index in [-0.39, 0.29) is 11.8 Å². The summed E-state index contributed by atoms with van der Waals surface area (Å²) in [7, 11) is 4.79. The van der Waals surface area contributed by atoms with E-state index in [4.69, 9.17) is 14.2 Å². The van der Waals surface area contributed by atoms with Crippen LogP contribution in [0.3, 0.4) is 0 Å². The van der Waals surface area contributed by atoms with Crippen molar-refractivity contribution in [2.75, 3.05) is 27.9 Å². The smallest absolute Gasteiger partial charge is 0.291 e. The molecule has 0 aromatic heterocycles. The number of ether oxygens (including phenoxy) is 3. The molecule has 0 bridgehead atoms. The van der Waals surface area contributed by atoms with Crippen molar-refractivity contribution in [3.05, 3.63) is 41.0 Å². The van der Waals surface area contributed by atoms with Gasteiger partial charge in [0, 0.05) is 17.7 Å². The third kappa shape index (κ3) is 1.80. The van der Waals surface area contributed by atoms with Crippen molar-refractivity contribution >= 4 is 11.7 Å². The average molecular weight is 365 g/mol. The molecule has 2 atom stereocenters. The van der Waals surface area contributed by atoms with Gasteiger partial charge in [-0.15, -0.1) is 0 Å². The first kappa shape index (κ1) is 16.2. The zero-order chi connectivity index (χ0) is 18.9. The van der Waals surface area contributed by atoms with Gasteiger partial charge in [0.25, 0.3) is 5.91 Å². The molecule has 0 radical (unpaired) electrons. The van der Waals surface area contributed by atoms with Crippen molar-refractivity contribution in [3.63, 3.8) is 0 Å². The Labute approximate surface area is 156 Å². The van der Waals surface area contributed by atoms with E-state index in [1.165, 1.54) is 0 Å². The highest BCUT2D eigenvalue weighted by Crippen LogP contribution is 2.61. The van der Waals surface area contributed by atoms with E-state index in [1.54, 1.807) is 26.2 Å². The Kier molecular flexibility index (Phi) is 3.29.